The molecule has 0 aromatic heterocycles. The molecule has 0 saturated carbocycles. The standard InChI is InChI=1S/C22H43N7O.HI/c1-5-25-10-12-26(13-11-25)19(2)18-24-22(23-4)29-16-14-27(15-17-29)20(3)21(30)28-8-6-7-9-28;/h19-20H,5-18H2,1-4H3,(H,23,24);1H. The van der Waals surface area contributed by atoms with Gasteiger partial charge < -0.3 is 20.0 Å². The minimum absolute atomic E-state index is 0. The van der Waals surface area contributed by atoms with Crippen molar-refractivity contribution in [3.8, 4) is 0 Å². The number of nitrogens with zero attached hydrogens (tertiary/aromatic N) is 6. The van der Waals surface area contributed by atoms with Gasteiger partial charge in [0, 0.05) is 85.1 Å². The number of likely N-dealkylation sites (N-methyl/N-ethyl adjacent to an activating group) is 1. The number of nitrogens with one attached hydrogen (secondary N) is 1. The van der Waals surface area contributed by atoms with Crippen molar-refractivity contribution in [2.75, 3.05) is 85.6 Å². The summed E-state index contributed by atoms with van der Waals surface area (Å²) in [5.74, 6) is 1.30. The van der Waals surface area contributed by atoms with E-state index >= 15 is 0 Å². The van der Waals surface area contributed by atoms with Gasteiger partial charge in [0.15, 0.2) is 5.96 Å². The van der Waals surface area contributed by atoms with Crippen molar-refractivity contribution < 1.29 is 4.79 Å². The van der Waals surface area contributed by atoms with Gasteiger partial charge in [0.25, 0.3) is 0 Å². The van der Waals surface area contributed by atoms with E-state index in [0.717, 1.165) is 84.2 Å². The first kappa shape index (κ1) is 26.6. The van der Waals surface area contributed by atoms with Crippen molar-refractivity contribution >= 4 is 35.8 Å². The molecule has 3 saturated heterocycles. The molecule has 1 N–H and O–H groups in total. The van der Waals surface area contributed by atoms with Gasteiger partial charge in [-0.3, -0.25) is 19.6 Å². The van der Waals surface area contributed by atoms with Crippen molar-refractivity contribution in [1.82, 2.24) is 29.8 Å². The Labute approximate surface area is 206 Å². The topological polar surface area (TPSA) is 57.7 Å². The van der Waals surface area contributed by atoms with E-state index in [9.17, 15) is 4.79 Å². The van der Waals surface area contributed by atoms with E-state index in [1.165, 1.54) is 13.1 Å². The van der Waals surface area contributed by atoms with Gasteiger partial charge in [0.05, 0.1) is 6.04 Å². The summed E-state index contributed by atoms with van der Waals surface area (Å²) in [6.07, 6.45) is 2.31. The summed E-state index contributed by atoms with van der Waals surface area (Å²) in [4.78, 5) is 29.1. The van der Waals surface area contributed by atoms with Gasteiger partial charge in [-0.25, -0.2) is 0 Å². The van der Waals surface area contributed by atoms with E-state index in [1.54, 1.807) is 0 Å². The normalized spacial score (nSPS) is 24.1. The van der Waals surface area contributed by atoms with Crippen molar-refractivity contribution in [2.45, 2.75) is 45.7 Å². The van der Waals surface area contributed by atoms with Gasteiger partial charge in [-0.15, -0.1) is 24.0 Å². The molecule has 0 aromatic rings. The molecule has 0 bridgehead atoms. The molecule has 0 radical (unpaired) electrons. The fraction of sp³-hybridized carbons (Fsp3) is 0.909. The third-order valence-corrected chi connectivity index (χ3v) is 7.18. The Bertz CT molecular complexity index is 568. The van der Waals surface area contributed by atoms with Crippen molar-refractivity contribution in [3.63, 3.8) is 0 Å². The fourth-order valence-corrected chi connectivity index (χ4v) is 4.90. The lowest BCUT2D eigenvalue weighted by molar-refractivity contribution is -0.135. The summed E-state index contributed by atoms with van der Waals surface area (Å²) in [7, 11) is 1.87. The summed E-state index contributed by atoms with van der Waals surface area (Å²) in [6, 6.07) is 0.488. The first-order valence-electron chi connectivity index (χ1n) is 12.0. The van der Waals surface area contributed by atoms with Crippen molar-refractivity contribution in [2.24, 2.45) is 4.99 Å². The minimum Gasteiger partial charge on any atom is -0.355 e. The molecule has 2 unspecified atom stereocenters. The summed E-state index contributed by atoms with van der Waals surface area (Å²) in [5, 5.41) is 3.60. The molecule has 3 aliphatic heterocycles. The van der Waals surface area contributed by atoms with E-state index in [-0.39, 0.29) is 30.0 Å². The number of hydrogen-bond donors (Lipinski definition) is 1. The molecule has 3 rings (SSSR count). The van der Waals surface area contributed by atoms with Crippen LogP contribution >= 0.6 is 24.0 Å². The van der Waals surface area contributed by atoms with Crippen LogP contribution in [-0.4, -0.2) is 134 Å². The lowest BCUT2D eigenvalue weighted by atomic mass is 10.2. The maximum Gasteiger partial charge on any atom is 0.239 e. The van der Waals surface area contributed by atoms with Crippen molar-refractivity contribution in [3.05, 3.63) is 0 Å². The Hall–Kier alpha value is -0.650. The molecule has 3 heterocycles. The van der Waals surface area contributed by atoms with Gasteiger partial charge in [0.2, 0.25) is 5.91 Å². The lowest BCUT2D eigenvalue weighted by Gasteiger charge is -2.40. The van der Waals surface area contributed by atoms with Crippen LogP contribution in [0, 0.1) is 0 Å². The Balaban J connectivity index is 0.00000341. The predicted molar refractivity (Wildman–Crippen MR) is 138 cm³/mol. The van der Waals surface area contributed by atoms with Crippen LogP contribution in [0.15, 0.2) is 4.99 Å². The highest BCUT2D eigenvalue weighted by Crippen LogP contribution is 2.14. The quantitative estimate of drug-likeness (QED) is 0.301. The molecule has 3 aliphatic rings. The number of likely N-dealkylation sites (tertiary alicyclic amines) is 1. The Morgan fingerprint density at radius 1 is 0.871 bits per heavy atom. The number of halogens is 1. The molecule has 9 heteroatoms. The predicted octanol–water partition coefficient (Wildman–Crippen LogP) is 0.834. The van der Waals surface area contributed by atoms with Crippen LogP contribution in [0.1, 0.15) is 33.6 Å². The van der Waals surface area contributed by atoms with E-state index in [0.29, 0.717) is 11.9 Å². The summed E-state index contributed by atoms with van der Waals surface area (Å²) in [5.41, 5.74) is 0. The zero-order chi connectivity index (χ0) is 21.5. The molecule has 2 atom stereocenters. The molecule has 1 amide bonds. The van der Waals surface area contributed by atoms with Gasteiger partial charge in [-0.1, -0.05) is 6.92 Å². The smallest absolute Gasteiger partial charge is 0.239 e. The number of rotatable bonds is 6. The number of carbonyl (C=O) groups is 1. The number of aliphatic imine (C=N–C) groups is 1. The largest absolute Gasteiger partial charge is 0.355 e. The van der Waals surface area contributed by atoms with Crippen molar-refractivity contribution in [1.29, 1.82) is 0 Å². The third kappa shape index (κ3) is 7.17. The number of hydrogen-bond acceptors (Lipinski definition) is 5. The van der Waals surface area contributed by atoms with Crippen LogP contribution in [0.3, 0.4) is 0 Å². The number of piperazine rings is 2. The maximum absolute atomic E-state index is 12.7. The van der Waals surface area contributed by atoms with Gasteiger partial charge in [0.1, 0.15) is 0 Å². The zero-order valence-corrected chi connectivity index (χ0v) is 22.4. The molecule has 8 nitrogen and oxygen atoms in total. The molecular formula is C22H44IN7O. The Kier molecular flexibility index (Phi) is 11.3. The van der Waals surface area contributed by atoms with E-state index in [2.05, 4.69) is 50.7 Å². The zero-order valence-electron chi connectivity index (χ0n) is 20.1. The van der Waals surface area contributed by atoms with E-state index < -0.39 is 0 Å². The summed E-state index contributed by atoms with van der Waals surface area (Å²) < 4.78 is 0. The molecule has 3 fully saturated rings. The number of carbonyl (C=O) groups excluding carboxylic acids is 1. The average molecular weight is 550 g/mol. The molecule has 0 aliphatic carbocycles. The highest BCUT2D eigenvalue weighted by molar-refractivity contribution is 14.0. The Morgan fingerprint density at radius 3 is 2.00 bits per heavy atom. The molecule has 180 valence electrons. The van der Waals surface area contributed by atoms with Gasteiger partial charge in [-0.05, 0) is 33.2 Å². The first-order chi connectivity index (χ1) is 14.5. The summed E-state index contributed by atoms with van der Waals surface area (Å²) >= 11 is 0. The molecule has 0 spiro atoms. The molecule has 31 heavy (non-hydrogen) atoms. The highest BCUT2D eigenvalue weighted by Gasteiger charge is 2.30. The molecule has 0 aromatic carbocycles. The average Bonchev–Trinajstić information content (AvgIpc) is 3.34. The second-order valence-electron chi connectivity index (χ2n) is 8.98. The maximum atomic E-state index is 12.7. The molecular weight excluding hydrogens is 505 g/mol. The van der Waals surface area contributed by atoms with Crippen LogP contribution in [0.2, 0.25) is 0 Å². The third-order valence-electron chi connectivity index (χ3n) is 7.18. The van der Waals surface area contributed by atoms with Crippen LogP contribution < -0.4 is 5.32 Å². The first-order valence-corrected chi connectivity index (χ1v) is 12.0. The summed E-state index contributed by atoms with van der Waals surface area (Å²) in [6.45, 7) is 18.9. The van der Waals surface area contributed by atoms with Gasteiger partial charge in [-0.2, -0.15) is 0 Å². The van der Waals surface area contributed by atoms with Gasteiger partial charge >= 0.3 is 0 Å². The van der Waals surface area contributed by atoms with E-state index in [4.69, 9.17) is 0 Å². The number of guanidine groups is 1. The van der Waals surface area contributed by atoms with Crippen LogP contribution in [0.25, 0.3) is 0 Å². The van der Waals surface area contributed by atoms with Crippen LogP contribution in [0.5, 0.6) is 0 Å². The van der Waals surface area contributed by atoms with Crippen LogP contribution in [0.4, 0.5) is 0 Å². The minimum atomic E-state index is -0.0120. The fourth-order valence-electron chi connectivity index (χ4n) is 4.90. The highest BCUT2D eigenvalue weighted by atomic mass is 127. The second-order valence-corrected chi connectivity index (χ2v) is 8.98. The SMILES string of the molecule is CCN1CCN(C(C)CNC(=NC)N2CCN(C(C)C(=O)N3CCCC3)CC2)CC1.I. The Morgan fingerprint density at radius 2 is 1.45 bits per heavy atom. The number of amides is 1. The second kappa shape index (κ2) is 13.2. The lowest BCUT2D eigenvalue weighted by Crippen LogP contribution is -2.58. The van der Waals surface area contributed by atoms with E-state index in [1.807, 2.05) is 11.9 Å². The van der Waals surface area contributed by atoms with Crippen LogP contribution in [-0.2, 0) is 4.79 Å². The monoisotopic (exact) mass is 549 g/mol.